The van der Waals surface area contributed by atoms with E-state index in [0.29, 0.717) is 6.61 Å². The summed E-state index contributed by atoms with van der Waals surface area (Å²) in [7, 11) is 2.24. The van der Waals surface area contributed by atoms with Crippen molar-refractivity contribution in [2.75, 3.05) is 6.61 Å². The van der Waals surface area contributed by atoms with Gasteiger partial charge in [-0.25, -0.2) is 0 Å². The van der Waals surface area contributed by atoms with Crippen LogP contribution in [0.15, 0.2) is 0 Å². The van der Waals surface area contributed by atoms with Crippen LogP contribution in [-0.4, -0.2) is 24.8 Å². The van der Waals surface area contributed by atoms with Crippen molar-refractivity contribution in [1.29, 1.82) is 0 Å². The largest absolute Gasteiger partial charge is 0.366 e. The van der Waals surface area contributed by atoms with Gasteiger partial charge in [-0.2, -0.15) is 0 Å². The quantitative estimate of drug-likeness (QED) is 0.631. The molecule has 0 aromatic rings. The van der Waals surface area contributed by atoms with Crippen LogP contribution in [0.5, 0.6) is 0 Å². The summed E-state index contributed by atoms with van der Waals surface area (Å²) in [6.07, 6.45) is 2.11. The molecular formula is C10H20BO2. The minimum absolute atomic E-state index is 0.0972. The smallest absolute Gasteiger partial charge is 0.158 e. The van der Waals surface area contributed by atoms with Crippen LogP contribution in [0.2, 0.25) is 11.1 Å². The Morgan fingerprint density at radius 2 is 2.15 bits per heavy atom. The van der Waals surface area contributed by atoms with Gasteiger partial charge >= 0.3 is 0 Å². The zero-order valence-corrected chi connectivity index (χ0v) is 9.13. The number of ether oxygens (including phenoxy) is 1. The third-order valence-corrected chi connectivity index (χ3v) is 3.37. The highest BCUT2D eigenvalue weighted by Crippen LogP contribution is 2.42. The molecule has 0 amide bonds. The summed E-state index contributed by atoms with van der Waals surface area (Å²) in [6.45, 7) is 8.82. The fraction of sp³-hybridized carbons (Fsp3) is 1.00. The number of hydrogen-bond acceptors (Lipinski definition) is 2. The lowest BCUT2D eigenvalue weighted by Gasteiger charge is -2.30. The van der Waals surface area contributed by atoms with Crippen molar-refractivity contribution >= 4 is 7.28 Å². The Labute approximate surface area is 81.9 Å². The van der Waals surface area contributed by atoms with Crippen LogP contribution >= 0.6 is 0 Å². The summed E-state index contributed by atoms with van der Waals surface area (Å²) in [4.78, 5) is 0. The monoisotopic (exact) mass is 183 g/mol. The Kier molecular flexibility index (Phi) is 3.08. The molecule has 3 heteroatoms. The summed E-state index contributed by atoms with van der Waals surface area (Å²) < 4.78 is 5.42. The maximum absolute atomic E-state index is 9.90. The van der Waals surface area contributed by atoms with E-state index in [9.17, 15) is 5.11 Å². The van der Waals surface area contributed by atoms with Crippen LogP contribution in [0.1, 0.15) is 40.5 Å². The van der Waals surface area contributed by atoms with Gasteiger partial charge in [0, 0.05) is 6.61 Å². The molecule has 1 rings (SSSR count). The van der Waals surface area contributed by atoms with Crippen LogP contribution in [-0.2, 0) is 4.74 Å². The predicted octanol–water partition coefficient (Wildman–Crippen LogP) is 2.22. The van der Waals surface area contributed by atoms with Crippen LogP contribution in [0.3, 0.4) is 0 Å². The Hall–Kier alpha value is -0.0151. The summed E-state index contributed by atoms with van der Waals surface area (Å²) in [5, 5.41) is 10.1. The lowest BCUT2D eigenvalue weighted by Crippen LogP contribution is -2.35. The van der Waals surface area contributed by atoms with Crippen LogP contribution < -0.4 is 0 Å². The minimum atomic E-state index is -0.979. The Balaban J connectivity index is 2.72. The molecule has 0 aromatic heterocycles. The van der Waals surface area contributed by atoms with E-state index >= 15 is 0 Å². The highest BCUT2D eigenvalue weighted by atomic mass is 16.6. The SMILES string of the molecule is CCC1(C)[B]C(C)C(C)(O)OCC1. The zero-order valence-electron chi connectivity index (χ0n) is 9.13. The van der Waals surface area contributed by atoms with Crippen molar-refractivity contribution in [2.24, 2.45) is 0 Å². The van der Waals surface area contributed by atoms with E-state index < -0.39 is 5.79 Å². The molecule has 13 heavy (non-hydrogen) atoms. The first kappa shape index (κ1) is 11.1. The molecule has 0 bridgehead atoms. The second kappa shape index (κ2) is 3.62. The lowest BCUT2D eigenvalue weighted by atomic mass is 9.44. The van der Waals surface area contributed by atoms with E-state index in [1.807, 2.05) is 6.92 Å². The lowest BCUT2D eigenvalue weighted by molar-refractivity contribution is -0.188. The molecule has 0 aliphatic carbocycles. The third-order valence-electron chi connectivity index (χ3n) is 3.37. The third kappa shape index (κ3) is 2.47. The molecule has 1 radical (unpaired) electrons. The van der Waals surface area contributed by atoms with E-state index in [2.05, 4.69) is 21.1 Å². The van der Waals surface area contributed by atoms with Gasteiger partial charge in [-0.15, -0.1) is 0 Å². The average molecular weight is 183 g/mol. The van der Waals surface area contributed by atoms with Crippen LogP contribution in [0, 0.1) is 0 Å². The van der Waals surface area contributed by atoms with Crippen molar-refractivity contribution < 1.29 is 9.84 Å². The van der Waals surface area contributed by atoms with Gasteiger partial charge in [-0.05, 0) is 19.2 Å². The van der Waals surface area contributed by atoms with Gasteiger partial charge in [-0.3, -0.25) is 0 Å². The molecule has 1 fully saturated rings. The van der Waals surface area contributed by atoms with Crippen LogP contribution in [0.25, 0.3) is 0 Å². The predicted molar refractivity (Wildman–Crippen MR) is 55.0 cm³/mol. The summed E-state index contributed by atoms with van der Waals surface area (Å²) >= 11 is 0. The van der Waals surface area contributed by atoms with Crippen LogP contribution in [0.4, 0.5) is 0 Å². The van der Waals surface area contributed by atoms with E-state index in [1.54, 1.807) is 6.92 Å². The molecule has 0 aromatic carbocycles. The first-order valence-corrected chi connectivity index (χ1v) is 5.12. The molecule has 3 unspecified atom stereocenters. The summed E-state index contributed by atoms with van der Waals surface area (Å²) in [6, 6.07) is 0. The van der Waals surface area contributed by atoms with Gasteiger partial charge < -0.3 is 9.84 Å². The molecule has 0 saturated carbocycles. The van der Waals surface area contributed by atoms with Gasteiger partial charge in [0.05, 0.1) is 0 Å². The maximum atomic E-state index is 9.90. The minimum Gasteiger partial charge on any atom is -0.366 e. The molecule has 2 nitrogen and oxygen atoms in total. The normalized spacial score (nSPS) is 46.7. The molecule has 3 atom stereocenters. The van der Waals surface area contributed by atoms with Crippen molar-refractivity contribution in [3.05, 3.63) is 0 Å². The standard InChI is InChI=1S/C10H20BO2/c1-5-9(3)6-7-13-10(4,12)8(2)11-9/h8,12H,5-7H2,1-4H3. The molecule has 1 heterocycles. The molecule has 1 aliphatic heterocycles. The first-order chi connectivity index (χ1) is 5.90. The highest BCUT2D eigenvalue weighted by Gasteiger charge is 2.39. The van der Waals surface area contributed by atoms with E-state index in [0.717, 1.165) is 12.8 Å². The number of hydrogen-bond donors (Lipinski definition) is 1. The Morgan fingerprint density at radius 1 is 1.54 bits per heavy atom. The van der Waals surface area contributed by atoms with E-state index in [4.69, 9.17) is 4.74 Å². The van der Waals surface area contributed by atoms with Gasteiger partial charge in [-0.1, -0.05) is 32.5 Å². The Bertz CT molecular complexity index is 182. The highest BCUT2D eigenvalue weighted by molar-refractivity contribution is 6.42. The summed E-state index contributed by atoms with van der Waals surface area (Å²) in [5.41, 5.74) is 0. The molecular weight excluding hydrogens is 163 g/mol. The second-order valence-corrected chi connectivity index (χ2v) is 4.62. The molecule has 1 saturated heterocycles. The van der Waals surface area contributed by atoms with Gasteiger partial charge in [0.15, 0.2) is 5.79 Å². The zero-order chi connectivity index (χ0) is 10.1. The van der Waals surface area contributed by atoms with Crippen molar-refractivity contribution in [3.63, 3.8) is 0 Å². The second-order valence-electron chi connectivity index (χ2n) is 4.62. The van der Waals surface area contributed by atoms with Crippen molar-refractivity contribution in [1.82, 2.24) is 0 Å². The van der Waals surface area contributed by atoms with E-state index in [1.165, 1.54) is 0 Å². The number of rotatable bonds is 1. The molecule has 0 spiro atoms. The fourth-order valence-corrected chi connectivity index (χ4v) is 1.76. The average Bonchev–Trinajstić information content (AvgIpc) is 2.12. The fourth-order valence-electron chi connectivity index (χ4n) is 1.76. The molecule has 75 valence electrons. The molecule has 1 N–H and O–H groups in total. The van der Waals surface area contributed by atoms with Crippen molar-refractivity contribution in [3.8, 4) is 0 Å². The first-order valence-electron chi connectivity index (χ1n) is 5.12. The number of aliphatic hydroxyl groups is 1. The maximum Gasteiger partial charge on any atom is 0.158 e. The topological polar surface area (TPSA) is 29.5 Å². The van der Waals surface area contributed by atoms with Gasteiger partial charge in [0.1, 0.15) is 7.28 Å². The Morgan fingerprint density at radius 3 is 2.69 bits per heavy atom. The van der Waals surface area contributed by atoms with Gasteiger partial charge in [0.2, 0.25) is 0 Å². The van der Waals surface area contributed by atoms with Crippen molar-refractivity contribution in [2.45, 2.75) is 57.5 Å². The van der Waals surface area contributed by atoms with Gasteiger partial charge in [0.25, 0.3) is 0 Å². The van der Waals surface area contributed by atoms with E-state index in [-0.39, 0.29) is 11.1 Å². The molecule has 1 aliphatic rings. The summed E-state index contributed by atoms with van der Waals surface area (Å²) in [5.74, 6) is -0.882.